The zero-order valence-electron chi connectivity index (χ0n) is 9.98. The third kappa shape index (κ3) is 2.37. The van der Waals surface area contributed by atoms with E-state index in [0.29, 0.717) is 0 Å². The Hall–Kier alpha value is -2.07. The van der Waals surface area contributed by atoms with Crippen molar-refractivity contribution in [2.24, 2.45) is 0 Å². The summed E-state index contributed by atoms with van der Waals surface area (Å²) in [5.74, 6) is 0. The van der Waals surface area contributed by atoms with Crippen molar-refractivity contribution >= 4 is 0 Å². The summed E-state index contributed by atoms with van der Waals surface area (Å²) in [6.07, 6.45) is 2.17. The van der Waals surface area contributed by atoms with Gasteiger partial charge in [-0.2, -0.15) is 5.26 Å². The summed E-state index contributed by atoms with van der Waals surface area (Å²) in [5.41, 5.74) is 4.29. The van der Waals surface area contributed by atoms with Gasteiger partial charge >= 0.3 is 0 Å². The molecule has 0 aromatic heterocycles. The Labute approximate surface area is 102 Å². The molecule has 0 N–H and O–H groups in total. The number of benzene rings is 2. The lowest BCUT2D eigenvalue weighted by atomic mass is 9.94. The van der Waals surface area contributed by atoms with Gasteiger partial charge in [0.2, 0.25) is 0 Å². The van der Waals surface area contributed by atoms with Crippen molar-refractivity contribution < 1.29 is 0 Å². The van der Waals surface area contributed by atoms with Crippen LogP contribution in [0.2, 0.25) is 0 Å². The van der Waals surface area contributed by atoms with Crippen LogP contribution in [0.4, 0.5) is 0 Å². The molecule has 2 aromatic carbocycles. The predicted molar refractivity (Wildman–Crippen MR) is 70.6 cm³/mol. The summed E-state index contributed by atoms with van der Waals surface area (Å²) in [4.78, 5) is 0. The molecular formula is C16H15N. The van der Waals surface area contributed by atoms with Crippen LogP contribution < -0.4 is 0 Å². The fourth-order valence-electron chi connectivity index (χ4n) is 2.09. The SMILES string of the molecule is CCCc1ccccc1-c1ccccc1C#N. The Kier molecular flexibility index (Phi) is 3.57. The standard InChI is InChI=1S/C16H15N/c1-2-7-13-8-3-5-10-15(13)16-11-6-4-9-14(16)12-17/h3-6,8-11H,2,7H2,1H3. The van der Waals surface area contributed by atoms with Crippen molar-refractivity contribution in [2.75, 3.05) is 0 Å². The molecule has 17 heavy (non-hydrogen) atoms. The van der Waals surface area contributed by atoms with Gasteiger partial charge in [-0.15, -0.1) is 0 Å². The van der Waals surface area contributed by atoms with Crippen LogP contribution in [0, 0.1) is 11.3 Å². The molecule has 0 bridgehead atoms. The van der Waals surface area contributed by atoms with E-state index in [-0.39, 0.29) is 0 Å². The van der Waals surface area contributed by atoms with E-state index in [1.54, 1.807) is 0 Å². The first kappa shape index (κ1) is 11.4. The van der Waals surface area contributed by atoms with Crippen LogP contribution in [0.3, 0.4) is 0 Å². The topological polar surface area (TPSA) is 23.8 Å². The zero-order valence-corrected chi connectivity index (χ0v) is 9.98. The summed E-state index contributed by atoms with van der Waals surface area (Å²) in [7, 11) is 0. The van der Waals surface area contributed by atoms with E-state index in [1.807, 2.05) is 30.3 Å². The van der Waals surface area contributed by atoms with E-state index in [4.69, 9.17) is 5.26 Å². The minimum atomic E-state index is 0.746. The maximum atomic E-state index is 9.15. The molecule has 0 aliphatic rings. The first-order valence-electron chi connectivity index (χ1n) is 5.94. The van der Waals surface area contributed by atoms with Gasteiger partial charge in [0.05, 0.1) is 11.6 Å². The third-order valence-corrected chi connectivity index (χ3v) is 2.87. The first-order valence-corrected chi connectivity index (χ1v) is 5.94. The monoisotopic (exact) mass is 221 g/mol. The summed E-state index contributed by atoms with van der Waals surface area (Å²) < 4.78 is 0. The third-order valence-electron chi connectivity index (χ3n) is 2.87. The van der Waals surface area contributed by atoms with E-state index >= 15 is 0 Å². The van der Waals surface area contributed by atoms with Crippen LogP contribution in [0.25, 0.3) is 11.1 Å². The molecule has 0 heterocycles. The molecule has 84 valence electrons. The predicted octanol–water partition coefficient (Wildman–Crippen LogP) is 4.18. The van der Waals surface area contributed by atoms with Crippen LogP contribution in [0.15, 0.2) is 48.5 Å². The number of hydrogen-bond acceptors (Lipinski definition) is 1. The van der Waals surface area contributed by atoms with E-state index in [2.05, 4.69) is 31.2 Å². The number of nitriles is 1. The van der Waals surface area contributed by atoms with Gasteiger partial charge in [0.15, 0.2) is 0 Å². The van der Waals surface area contributed by atoms with Crippen LogP contribution in [-0.4, -0.2) is 0 Å². The van der Waals surface area contributed by atoms with Crippen molar-refractivity contribution in [1.29, 1.82) is 5.26 Å². The average molecular weight is 221 g/mol. The van der Waals surface area contributed by atoms with E-state index in [0.717, 1.165) is 24.0 Å². The van der Waals surface area contributed by atoms with Crippen LogP contribution >= 0.6 is 0 Å². The second kappa shape index (κ2) is 5.32. The fourth-order valence-corrected chi connectivity index (χ4v) is 2.09. The molecule has 2 rings (SSSR count). The minimum absolute atomic E-state index is 0.746. The van der Waals surface area contributed by atoms with Gasteiger partial charge in [-0.05, 0) is 29.2 Å². The fraction of sp³-hybridized carbons (Fsp3) is 0.188. The summed E-state index contributed by atoms with van der Waals surface area (Å²) in [6, 6.07) is 18.4. The molecule has 0 radical (unpaired) electrons. The maximum absolute atomic E-state index is 9.15. The molecule has 0 saturated carbocycles. The van der Waals surface area contributed by atoms with Gasteiger partial charge < -0.3 is 0 Å². The molecule has 0 saturated heterocycles. The van der Waals surface area contributed by atoms with Crippen molar-refractivity contribution in [1.82, 2.24) is 0 Å². The normalized spacial score (nSPS) is 9.88. The van der Waals surface area contributed by atoms with Gasteiger partial charge in [0.1, 0.15) is 0 Å². The van der Waals surface area contributed by atoms with Gasteiger partial charge in [-0.25, -0.2) is 0 Å². The summed E-state index contributed by atoms with van der Waals surface area (Å²) >= 11 is 0. The van der Waals surface area contributed by atoms with Crippen molar-refractivity contribution in [3.05, 3.63) is 59.7 Å². The molecule has 0 fully saturated rings. The molecule has 0 spiro atoms. The largest absolute Gasteiger partial charge is 0.192 e. The zero-order chi connectivity index (χ0) is 12.1. The van der Waals surface area contributed by atoms with Crippen molar-refractivity contribution in [3.8, 4) is 17.2 Å². The summed E-state index contributed by atoms with van der Waals surface area (Å²) in [5, 5.41) is 9.15. The molecule has 0 unspecified atom stereocenters. The molecule has 1 heteroatoms. The molecule has 0 aliphatic heterocycles. The van der Waals surface area contributed by atoms with Gasteiger partial charge in [-0.3, -0.25) is 0 Å². The Morgan fingerprint density at radius 2 is 1.59 bits per heavy atom. The van der Waals surface area contributed by atoms with Crippen LogP contribution in [0.5, 0.6) is 0 Å². The van der Waals surface area contributed by atoms with E-state index in [9.17, 15) is 0 Å². The number of hydrogen-bond donors (Lipinski definition) is 0. The number of aryl methyl sites for hydroxylation is 1. The maximum Gasteiger partial charge on any atom is 0.0998 e. The minimum Gasteiger partial charge on any atom is -0.192 e. The first-order chi connectivity index (χ1) is 8.36. The molecule has 1 nitrogen and oxygen atoms in total. The Balaban J connectivity index is 2.57. The molecular weight excluding hydrogens is 206 g/mol. The summed E-state index contributed by atoms with van der Waals surface area (Å²) in [6.45, 7) is 2.17. The molecule has 0 amide bonds. The van der Waals surface area contributed by atoms with Gasteiger partial charge in [0.25, 0.3) is 0 Å². The second-order valence-electron chi connectivity index (χ2n) is 4.06. The number of rotatable bonds is 3. The smallest absolute Gasteiger partial charge is 0.0998 e. The second-order valence-corrected chi connectivity index (χ2v) is 4.06. The highest BCUT2D eigenvalue weighted by atomic mass is 14.2. The quantitative estimate of drug-likeness (QED) is 0.762. The molecule has 0 aliphatic carbocycles. The van der Waals surface area contributed by atoms with Crippen LogP contribution in [-0.2, 0) is 6.42 Å². The lowest BCUT2D eigenvalue weighted by molar-refractivity contribution is 0.923. The highest BCUT2D eigenvalue weighted by Crippen LogP contribution is 2.27. The highest BCUT2D eigenvalue weighted by Gasteiger charge is 2.07. The highest BCUT2D eigenvalue weighted by molar-refractivity contribution is 5.73. The Morgan fingerprint density at radius 3 is 2.29 bits per heavy atom. The van der Waals surface area contributed by atoms with Gasteiger partial charge in [-0.1, -0.05) is 55.8 Å². The lowest BCUT2D eigenvalue weighted by Crippen LogP contribution is -1.91. The lowest BCUT2D eigenvalue weighted by Gasteiger charge is -2.10. The van der Waals surface area contributed by atoms with Gasteiger partial charge in [0, 0.05) is 0 Å². The molecule has 2 aromatic rings. The van der Waals surface area contributed by atoms with Crippen LogP contribution in [0.1, 0.15) is 24.5 Å². The van der Waals surface area contributed by atoms with Crippen molar-refractivity contribution in [2.45, 2.75) is 19.8 Å². The Bertz CT molecular complexity index is 549. The Morgan fingerprint density at radius 1 is 0.941 bits per heavy atom. The van der Waals surface area contributed by atoms with Crippen molar-refractivity contribution in [3.63, 3.8) is 0 Å². The van der Waals surface area contributed by atoms with E-state index in [1.165, 1.54) is 11.1 Å². The average Bonchev–Trinajstić information content (AvgIpc) is 2.40. The number of nitrogens with zero attached hydrogens (tertiary/aromatic N) is 1. The van der Waals surface area contributed by atoms with E-state index < -0.39 is 0 Å². The molecule has 0 atom stereocenters.